The molecule has 3 rings (SSSR count). The van der Waals surface area contributed by atoms with Gasteiger partial charge in [0, 0.05) is 36.9 Å². The molecule has 194 valence electrons. The Hall–Kier alpha value is -3.65. The molecule has 3 aromatic rings. The van der Waals surface area contributed by atoms with Gasteiger partial charge in [0.1, 0.15) is 6.04 Å². The summed E-state index contributed by atoms with van der Waals surface area (Å²) in [5.41, 5.74) is 3.99. The second-order valence-electron chi connectivity index (χ2n) is 9.29. The van der Waals surface area contributed by atoms with Gasteiger partial charge in [-0.25, -0.2) is 0 Å². The Labute approximate surface area is 222 Å². The van der Waals surface area contributed by atoms with Crippen molar-refractivity contribution in [1.82, 2.24) is 10.2 Å². The maximum Gasteiger partial charge on any atom is 0.269 e. The molecule has 1 atom stereocenters. The summed E-state index contributed by atoms with van der Waals surface area (Å²) in [5, 5.41) is 13.9. The minimum absolute atomic E-state index is 0.0361. The fraction of sp³-hybridized carbons (Fsp3) is 0.310. The Balaban J connectivity index is 1.81. The molecule has 37 heavy (non-hydrogen) atoms. The van der Waals surface area contributed by atoms with Crippen LogP contribution < -0.4 is 5.32 Å². The second-order valence-corrected chi connectivity index (χ2v) is 10.3. The number of nitro benzene ring substituents is 1. The first-order valence-corrected chi connectivity index (χ1v) is 13.4. The molecule has 1 N–H and O–H groups in total. The number of benzene rings is 3. The molecule has 0 aromatic heterocycles. The van der Waals surface area contributed by atoms with Crippen LogP contribution in [0.5, 0.6) is 0 Å². The highest BCUT2D eigenvalue weighted by Gasteiger charge is 2.30. The second kappa shape index (κ2) is 13.6. The van der Waals surface area contributed by atoms with E-state index >= 15 is 0 Å². The van der Waals surface area contributed by atoms with Gasteiger partial charge < -0.3 is 10.2 Å². The zero-order chi connectivity index (χ0) is 26.8. The molecule has 7 nitrogen and oxygen atoms in total. The van der Waals surface area contributed by atoms with E-state index in [1.165, 1.54) is 23.9 Å². The first-order chi connectivity index (χ1) is 17.7. The Morgan fingerprint density at radius 1 is 0.919 bits per heavy atom. The molecule has 1 unspecified atom stereocenters. The molecule has 0 fully saturated rings. The number of non-ortho nitro benzene ring substituents is 1. The molecule has 0 saturated carbocycles. The molecule has 0 heterocycles. The topological polar surface area (TPSA) is 92.6 Å². The molecular formula is C29H33N3O4S. The number of carbonyl (C=O) groups is 2. The van der Waals surface area contributed by atoms with Crippen LogP contribution >= 0.6 is 11.8 Å². The third-order valence-electron chi connectivity index (χ3n) is 5.82. The van der Waals surface area contributed by atoms with E-state index < -0.39 is 11.0 Å². The van der Waals surface area contributed by atoms with Gasteiger partial charge in [0.25, 0.3) is 5.69 Å². The van der Waals surface area contributed by atoms with Crippen molar-refractivity contribution in [1.29, 1.82) is 0 Å². The van der Waals surface area contributed by atoms with Crippen molar-refractivity contribution in [2.45, 2.75) is 51.6 Å². The van der Waals surface area contributed by atoms with Gasteiger partial charge in [-0.1, -0.05) is 72.3 Å². The van der Waals surface area contributed by atoms with Crippen LogP contribution in [0.25, 0.3) is 0 Å². The van der Waals surface area contributed by atoms with E-state index in [9.17, 15) is 19.7 Å². The van der Waals surface area contributed by atoms with Crippen molar-refractivity contribution in [2.24, 2.45) is 0 Å². The molecular weight excluding hydrogens is 486 g/mol. The van der Waals surface area contributed by atoms with Crippen LogP contribution in [0.2, 0.25) is 0 Å². The summed E-state index contributed by atoms with van der Waals surface area (Å²) >= 11 is 1.43. The monoisotopic (exact) mass is 519 g/mol. The minimum Gasteiger partial charge on any atom is -0.352 e. The molecule has 0 aliphatic carbocycles. The molecule has 0 bridgehead atoms. The molecule has 0 spiro atoms. The van der Waals surface area contributed by atoms with E-state index in [0.29, 0.717) is 18.7 Å². The van der Waals surface area contributed by atoms with Crippen LogP contribution in [0.3, 0.4) is 0 Å². The summed E-state index contributed by atoms with van der Waals surface area (Å²) in [6, 6.07) is 23.3. The molecule has 0 radical (unpaired) electrons. The summed E-state index contributed by atoms with van der Waals surface area (Å²) < 4.78 is 0. The molecule has 3 aromatic carbocycles. The van der Waals surface area contributed by atoms with E-state index in [-0.39, 0.29) is 29.3 Å². The van der Waals surface area contributed by atoms with E-state index in [1.54, 1.807) is 17.0 Å². The van der Waals surface area contributed by atoms with Crippen molar-refractivity contribution in [3.8, 4) is 0 Å². The predicted molar refractivity (Wildman–Crippen MR) is 148 cm³/mol. The van der Waals surface area contributed by atoms with Gasteiger partial charge in [-0.05, 0) is 37.5 Å². The Bertz CT molecular complexity index is 1180. The molecule has 0 aliphatic heterocycles. The normalized spacial score (nSPS) is 11.7. The fourth-order valence-electron chi connectivity index (χ4n) is 3.88. The largest absolute Gasteiger partial charge is 0.352 e. The third-order valence-corrected chi connectivity index (χ3v) is 6.81. The third kappa shape index (κ3) is 8.75. The highest BCUT2D eigenvalue weighted by Crippen LogP contribution is 2.20. The highest BCUT2D eigenvalue weighted by molar-refractivity contribution is 7.99. The van der Waals surface area contributed by atoms with Gasteiger partial charge in [-0.2, -0.15) is 0 Å². The number of rotatable bonds is 12. The van der Waals surface area contributed by atoms with Crippen LogP contribution in [-0.2, 0) is 28.3 Å². The van der Waals surface area contributed by atoms with Crippen molar-refractivity contribution < 1.29 is 14.5 Å². The fourth-order valence-corrected chi connectivity index (χ4v) is 4.75. The molecule has 0 saturated heterocycles. The lowest BCUT2D eigenvalue weighted by molar-refractivity contribution is -0.384. The van der Waals surface area contributed by atoms with E-state index in [4.69, 9.17) is 0 Å². The standard InChI is InChI=1S/C29H33N3O4S/c1-21(2)30-29(34)27(17-23-7-5-4-6-8-23)31(18-24-11-9-22(3)10-12-24)28(33)20-37-19-25-13-15-26(16-14-25)32(35)36/h4-16,21,27H,17-20H2,1-3H3,(H,30,34). The van der Waals surface area contributed by atoms with Crippen LogP contribution in [-0.4, -0.2) is 39.5 Å². The SMILES string of the molecule is Cc1ccc(CN(C(=O)CSCc2ccc([N+](=O)[O-])cc2)C(Cc2ccccc2)C(=O)NC(C)C)cc1. The van der Waals surface area contributed by atoms with Crippen molar-refractivity contribution in [3.05, 3.63) is 111 Å². The highest BCUT2D eigenvalue weighted by atomic mass is 32.2. The Kier molecular flexibility index (Phi) is 10.3. The van der Waals surface area contributed by atoms with Crippen LogP contribution in [0.15, 0.2) is 78.9 Å². The maximum absolute atomic E-state index is 13.6. The number of aryl methyl sites for hydroxylation is 1. The molecule has 0 aliphatic rings. The number of nitrogens with zero attached hydrogens (tertiary/aromatic N) is 2. The van der Waals surface area contributed by atoms with Gasteiger partial charge in [-0.15, -0.1) is 11.8 Å². The van der Waals surface area contributed by atoms with Crippen molar-refractivity contribution >= 4 is 29.3 Å². The molecule has 8 heteroatoms. The van der Waals surface area contributed by atoms with Crippen molar-refractivity contribution in [3.63, 3.8) is 0 Å². The lowest BCUT2D eigenvalue weighted by Crippen LogP contribution is -2.52. The minimum atomic E-state index is -0.668. The van der Waals surface area contributed by atoms with Crippen molar-refractivity contribution in [2.75, 3.05) is 5.75 Å². The lowest BCUT2D eigenvalue weighted by atomic mass is 10.0. The number of thioether (sulfide) groups is 1. The summed E-state index contributed by atoms with van der Waals surface area (Å²) in [7, 11) is 0. The van der Waals surface area contributed by atoms with Gasteiger partial charge in [0.2, 0.25) is 11.8 Å². The van der Waals surface area contributed by atoms with Gasteiger partial charge in [0.05, 0.1) is 10.7 Å². The summed E-state index contributed by atoms with van der Waals surface area (Å²) in [6.07, 6.45) is 0.407. The van der Waals surface area contributed by atoms with Gasteiger partial charge >= 0.3 is 0 Å². The Morgan fingerprint density at radius 3 is 2.14 bits per heavy atom. The van der Waals surface area contributed by atoms with Gasteiger partial charge in [-0.3, -0.25) is 19.7 Å². The van der Waals surface area contributed by atoms with E-state index in [2.05, 4.69) is 5.32 Å². The molecule has 2 amide bonds. The number of hydrogen-bond donors (Lipinski definition) is 1. The predicted octanol–water partition coefficient (Wildman–Crippen LogP) is 5.30. The summed E-state index contributed by atoms with van der Waals surface area (Å²) in [4.78, 5) is 39.1. The van der Waals surface area contributed by atoms with Crippen LogP contribution in [0, 0.1) is 17.0 Å². The number of amides is 2. The number of hydrogen-bond acceptors (Lipinski definition) is 5. The average molecular weight is 520 g/mol. The zero-order valence-electron chi connectivity index (χ0n) is 21.4. The van der Waals surface area contributed by atoms with E-state index in [1.807, 2.05) is 75.4 Å². The number of nitro groups is 1. The average Bonchev–Trinajstić information content (AvgIpc) is 2.87. The zero-order valence-corrected chi connectivity index (χ0v) is 22.2. The first kappa shape index (κ1) is 27.9. The number of nitrogens with one attached hydrogen (secondary N) is 1. The first-order valence-electron chi connectivity index (χ1n) is 12.2. The van der Waals surface area contributed by atoms with Crippen LogP contribution in [0.1, 0.15) is 36.1 Å². The quantitative estimate of drug-likeness (QED) is 0.259. The smallest absolute Gasteiger partial charge is 0.269 e. The number of carbonyl (C=O) groups excluding carboxylic acids is 2. The van der Waals surface area contributed by atoms with E-state index in [0.717, 1.165) is 22.3 Å². The summed E-state index contributed by atoms with van der Waals surface area (Å²) in [6.45, 7) is 6.14. The lowest BCUT2D eigenvalue weighted by Gasteiger charge is -2.32. The van der Waals surface area contributed by atoms with Crippen LogP contribution in [0.4, 0.5) is 5.69 Å². The summed E-state index contributed by atoms with van der Waals surface area (Å²) in [5.74, 6) is 0.402. The Morgan fingerprint density at radius 2 is 1.54 bits per heavy atom. The maximum atomic E-state index is 13.6. The van der Waals surface area contributed by atoms with Gasteiger partial charge in [0.15, 0.2) is 0 Å².